The summed E-state index contributed by atoms with van der Waals surface area (Å²) in [5.41, 5.74) is 0. The monoisotopic (exact) mass is 94.0 g/mol. The van der Waals surface area contributed by atoms with Crippen molar-refractivity contribution in [2.45, 2.75) is 6.04 Å². The van der Waals surface area contributed by atoms with Gasteiger partial charge in [0.15, 0.2) is 0 Å². The molecule has 0 amide bonds. The van der Waals surface area contributed by atoms with Crippen LogP contribution in [0.3, 0.4) is 0 Å². The van der Waals surface area contributed by atoms with Crippen molar-refractivity contribution in [1.29, 1.82) is 0 Å². The summed E-state index contributed by atoms with van der Waals surface area (Å²) in [4.78, 5) is 0. The average molecular weight is 94.6 g/mol. The maximum atomic E-state index is 5.22. The minimum atomic E-state index is 0.853. The number of rotatable bonds is 1. The molecular formula is C2H7ClSi. The Morgan fingerprint density at radius 1 is 1.75 bits per heavy atom. The first-order valence-electron chi connectivity index (χ1n) is 1.47. The van der Waals surface area contributed by atoms with Crippen molar-refractivity contribution in [2.24, 2.45) is 0 Å². The first kappa shape index (κ1) is 4.51. The Bertz CT molecular complexity index is 8.00. The molecule has 0 aliphatic rings. The van der Waals surface area contributed by atoms with Gasteiger partial charge in [0.1, 0.15) is 0 Å². The molecule has 0 aromatic heterocycles. The van der Waals surface area contributed by atoms with Crippen molar-refractivity contribution >= 4 is 21.8 Å². The zero-order valence-corrected chi connectivity index (χ0v) is 5.55. The Labute approximate surface area is 34.6 Å². The van der Waals surface area contributed by atoms with Gasteiger partial charge in [-0.05, 0) is 0 Å². The van der Waals surface area contributed by atoms with Crippen LogP contribution in [0.2, 0.25) is 6.04 Å². The largest absolute Gasteiger partial charge is 0.127 e. The summed E-state index contributed by atoms with van der Waals surface area (Å²) < 4.78 is 0. The first-order valence-corrected chi connectivity index (χ1v) is 3.42. The summed E-state index contributed by atoms with van der Waals surface area (Å²) in [6.07, 6.45) is 0. The molecule has 0 unspecified atom stereocenters. The summed E-state index contributed by atoms with van der Waals surface area (Å²) in [5, 5.41) is 0. The molecule has 26 valence electrons. The number of alkyl halides is 1. The van der Waals surface area contributed by atoms with Gasteiger partial charge in [0.2, 0.25) is 0 Å². The zero-order chi connectivity index (χ0) is 3.41. The van der Waals surface area contributed by atoms with E-state index in [0.717, 1.165) is 5.88 Å². The highest BCUT2D eigenvalue weighted by Gasteiger charge is 1.59. The molecule has 0 N–H and O–H groups in total. The summed E-state index contributed by atoms with van der Waals surface area (Å²) in [6.45, 7) is 0. The molecule has 0 aliphatic heterocycles. The SMILES string of the molecule is [SiH3]CCCl. The summed E-state index contributed by atoms with van der Waals surface area (Å²) in [5.74, 6) is 0.853. The van der Waals surface area contributed by atoms with E-state index in [0.29, 0.717) is 0 Å². The Morgan fingerprint density at radius 2 is 2.00 bits per heavy atom. The molecule has 0 nitrogen and oxygen atoms in total. The lowest BCUT2D eigenvalue weighted by Crippen LogP contribution is -1.62. The van der Waals surface area contributed by atoms with Gasteiger partial charge in [-0.25, -0.2) is 0 Å². The van der Waals surface area contributed by atoms with Crippen LogP contribution >= 0.6 is 11.6 Å². The van der Waals surface area contributed by atoms with Crippen LogP contribution < -0.4 is 0 Å². The second kappa shape index (κ2) is 3.51. The number of halogens is 1. The number of hydrogen-bond donors (Lipinski definition) is 0. The second-order valence-electron chi connectivity index (χ2n) is 0.689. The maximum absolute atomic E-state index is 5.22. The fraction of sp³-hybridized carbons (Fsp3) is 1.00. The molecule has 0 heterocycles. The highest BCUT2D eigenvalue weighted by Crippen LogP contribution is 1.73. The van der Waals surface area contributed by atoms with Crippen LogP contribution in [0.15, 0.2) is 0 Å². The quantitative estimate of drug-likeness (QED) is 0.317. The predicted molar refractivity (Wildman–Crippen MR) is 25.5 cm³/mol. The summed E-state index contributed by atoms with van der Waals surface area (Å²) in [6, 6.07) is 1.22. The molecule has 0 spiro atoms. The molecule has 0 saturated carbocycles. The predicted octanol–water partition coefficient (Wildman–Crippen LogP) is 0.00890. The molecule has 0 bridgehead atoms. The van der Waals surface area contributed by atoms with E-state index >= 15 is 0 Å². The molecule has 0 aliphatic carbocycles. The molecule has 0 atom stereocenters. The van der Waals surface area contributed by atoms with E-state index in [-0.39, 0.29) is 0 Å². The highest BCUT2D eigenvalue weighted by atomic mass is 35.5. The van der Waals surface area contributed by atoms with Crippen LogP contribution in [0, 0.1) is 0 Å². The lowest BCUT2D eigenvalue weighted by atomic mass is 11.0. The van der Waals surface area contributed by atoms with Gasteiger partial charge in [0.05, 0.1) is 0 Å². The average Bonchev–Trinajstić information content (AvgIpc) is 1.37. The minimum absolute atomic E-state index is 0.853. The van der Waals surface area contributed by atoms with Crippen LogP contribution in [-0.2, 0) is 0 Å². The van der Waals surface area contributed by atoms with E-state index in [4.69, 9.17) is 11.6 Å². The van der Waals surface area contributed by atoms with Crippen LogP contribution in [-0.4, -0.2) is 16.1 Å². The third-order valence-corrected chi connectivity index (χ3v) is 1.70. The van der Waals surface area contributed by atoms with E-state index in [1.165, 1.54) is 16.3 Å². The van der Waals surface area contributed by atoms with Crippen LogP contribution in [0.25, 0.3) is 0 Å². The van der Waals surface area contributed by atoms with E-state index in [1.54, 1.807) is 0 Å². The van der Waals surface area contributed by atoms with Crippen LogP contribution in [0.4, 0.5) is 0 Å². The third kappa shape index (κ3) is 2.51. The zero-order valence-electron chi connectivity index (χ0n) is 2.79. The molecule has 0 rings (SSSR count). The van der Waals surface area contributed by atoms with Gasteiger partial charge in [-0.3, -0.25) is 0 Å². The van der Waals surface area contributed by atoms with E-state index in [1.807, 2.05) is 0 Å². The molecule has 2 heteroatoms. The standard InChI is InChI=1S/C2H7ClSi/c3-1-2-4/h1-2H2,4H3. The minimum Gasteiger partial charge on any atom is -0.127 e. The van der Waals surface area contributed by atoms with Crippen molar-refractivity contribution in [3.63, 3.8) is 0 Å². The highest BCUT2D eigenvalue weighted by molar-refractivity contribution is 6.22. The molecule has 0 fully saturated rings. The lowest BCUT2D eigenvalue weighted by molar-refractivity contribution is 1.49. The Kier molecular flexibility index (Phi) is 3.95. The van der Waals surface area contributed by atoms with Crippen molar-refractivity contribution in [3.05, 3.63) is 0 Å². The van der Waals surface area contributed by atoms with Gasteiger partial charge in [0.25, 0.3) is 0 Å². The lowest BCUT2D eigenvalue weighted by Gasteiger charge is -1.65. The Balaban J connectivity index is 1.97. The fourth-order valence-electron chi connectivity index (χ4n) is 0. The van der Waals surface area contributed by atoms with Gasteiger partial charge in [-0.15, -0.1) is 11.6 Å². The van der Waals surface area contributed by atoms with Gasteiger partial charge in [-0.1, -0.05) is 6.04 Å². The Hall–Kier alpha value is 0.507. The van der Waals surface area contributed by atoms with Crippen LogP contribution in [0.5, 0.6) is 0 Å². The van der Waals surface area contributed by atoms with Gasteiger partial charge in [-0.2, -0.15) is 0 Å². The van der Waals surface area contributed by atoms with Crippen molar-refractivity contribution in [2.75, 3.05) is 5.88 Å². The third-order valence-electron chi connectivity index (χ3n) is 0.189. The molecular weight excluding hydrogens is 87.6 g/mol. The van der Waals surface area contributed by atoms with Crippen LogP contribution in [0.1, 0.15) is 0 Å². The fourth-order valence-corrected chi connectivity index (χ4v) is 0. The normalized spacial score (nSPS) is 8.25. The van der Waals surface area contributed by atoms with Crippen molar-refractivity contribution < 1.29 is 0 Å². The molecule has 0 radical (unpaired) electrons. The first-order chi connectivity index (χ1) is 1.91. The van der Waals surface area contributed by atoms with Gasteiger partial charge >= 0.3 is 0 Å². The summed E-state index contributed by atoms with van der Waals surface area (Å²) >= 11 is 5.22. The van der Waals surface area contributed by atoms with Gasteiger partial charge < -0.3 is 0 Å². The van der Waals surface area contributed by atoms with E-state index < -0.39 is 0 Å². The van der Waals surface area contributed by atoms with E-state index in [9.17, 15) is 0 Å². The summed E-state index contributed by atoms with van der Waals surface area (Å²) in [7, 11) is 1.26. The smallest absolute Gasteiger partial charge is 0.0192 e. The van der Waals surface area contributed by atoms with Gasteiger partial charge in [0, 0.05) is 16.1 Å². The molecule has 0 saturated heterocycles. The van der Waals surface area contributed by atoms with E-state index in [2.05, 4.69) is 0 Å². The van der Waals surface area contributed by atoms with Crippen molar-refractivity contribution in [3.8, 4) is 0 Å². The topological polar surface area (TPSA) is 0 Å². The Morgan fingerprint density at radius 3 is 2.00 bits per heavy atom. The van der Waals surface area contributed by atoms with Crippen molar-refractivity contribution in [1.82, 2.24) is 0 Å². The molecule has 4 heavy (non-hydrogen) atoms. The maximum Gasteiger partial charge on any atom is 0.0192 e. The molecule has 0 aromatic carbocycles. The molecule has 0 aromatic rings. The second-order valence-corrected chi connectivity index (χ2v) is 2.07. The number of hydrogen-bond acceptors (Lipinski definition) is 0.